The van der Waals surface area contributed by atoms with Crippen LogP contribution in [-0.2, 0) is 9.53 Å². The van der Waals surface area contributed by atoms with Crippen molar-refractivity contribution < 1.29 is 9.53 Å². The number of benzene rings is 1. The second-order valence-corrected chi connectivity index (χ2v) is 5.11. The molecule has 2 rings (SSSR count). The molecule has 1 aromatic rings. The number of nitrogens with two attached hydrogens (primary N) is 1. The van der Waals surface area contributed by atoms with Gasteiger partial charge in [-0.1, -0.05) is 36.4 Å². The van der Waals surface area contributed by atoms with Gasteiger partial charge in [-0.25, -0.2) is 0 Å². The van der Waals surface area contributed by atoms with E-state index in [2.05, 4.69) is 6.08 Å². The van der Waals surface area contributed by atoms with Gasteiger partial charge in [-0.05, 0) is 17.6 Å². The first-order valence-electron chi connectivity index (χ1n) is 6.96. The summed E-state index contributed by atoms with van der Waals surface area (Å²) in [4.78, 5) is 14.1. The van der Waals surface area contributed by atoms with Crippen molar-refractivity contribution in [1.82, 2.24) is 4.90 Å². The van der Waals surface area contributed by atoms with Gasteiger partial charge in [-0.3, -0.25) is 4.79 Å². The molecule has 0 fully saturated rings. The lowest BCUT2D eigenvalue weighted by Gasteiger charge is -2.27. The van der Waals surface area contributed by atoms with Crippen LogP contribution in [0.5, 0.6) is 0 Å². The Kier molecular flexibility index (Phi) is 5.32. The zero-order valence-electron chi connectivity index (χ0n) is 11.9. The first-order valence-corrected chi connectivity index (χ1v) is 6.96. The Morgan fingerprint density at radius 2 is 2.15 bits per heavy atom. The number of methoxy groups -OCH3 is 1. The molecule has 4 nitrogen and oxygen atoms in total. The molecule has 1 aliphatic rings. The fourth-order valence-corrected chi connectivity index (χ4v) is 2.39. The van der Waals surface area contributed by atoms with E-state index in [9.17, 15) is 4.79 Å². The molecule has 1 aromatic carbocycles. The van der Waals surface area contributed by atoms with Gasteiger partial charge in [-0.2, -0.15) is 0 Å². The summed E-state index contributed by atoms with van der Waals surface area (Å²) in [5, 5.41) is 0. The van der Waals surface area contributed by atoms with Crippen molar-refractivity contribution in [2.45, 2.75) is 18.9 Å². The van der Waals surface area contributed by atoms with Crippen LogP contribution in [0.25, 0.3) is 0 Å². The quantitative estimate of drug-likeness (QED) is 0.834. The second kappa shape index (κ2) is 7.22. The van der Waals surface area contributed by atoms with Crippen molar-refractivity contribution in [3.8, 4) is 0 Å². The maximum Gasteiger partial charge on any atom is 0.224 e. The maximum absolute atomic E-state index is 12.2. The van der Waals surface area contributed by atoms with Crippen LogP contribution in [-0.4, -0.2) is 37.6 Å². The molecule has 1 aliphatic heterocycles. The van der Waals surface area contributed by atoms with Crippen LogP contribution in [0, 0.1) is 0 Å². The second-order valence-electron chi connectivity index (χ2n) is 5.11. The number of carbonyl (C=O) groups is 1. The van der Waals surface area contributed by atoms with Gasteiger partial charge in [0.05, 0.1) is 6.61 Å². The molecule has 0 radical (unpaired) electrons. The molecule has 4 heteroatoms. The normalized spacial score (nSPS) is 16.7. The number of ether oxygens (including phenoxy) is 1. The van der Waals surface area contributed by atoms with Gasteiger partial charge in [0, 0.05) is 32.7 Å². The van der Waals surface area contributed by atoms with Crippen LogP contribution in [0.1, 0.15) is 24.4 Å². The van der Waals surface area contributed by atoms with Crippen molar-refractivity contribution in [3.05, 3.63) is 47.5 Å². The van der Waals surface area contributed by atoms with E-state index in [0.29, 0.717) is 19.6 Å². The molecule has 0 aliphatic carbocycles. The monoisotopic (exact) mass is 274 g/mol. The lowest BCUT2D eigenvalue weighted by atomic mass is 10.0. The molecule has 1 amide bonds. The van der Waals surface area contributed by atoms with Gasteiger partial charge in [0.2, 0.25) is 5.91 Å². The van der Waals surface area contributed by atoms with Gasteiger partial charge in [0.1, 0.15) is 0 Å². The first-order chi connectivity index (χ1) is 9.70. The molecule has 0 aromatic heterocycles. The van der Waals surface area contributed by atoms with Gasteiger partial charge < -0.3 is 15.4 Å². The van der Waals surface area contributed by atoms with Gasteiger partial charge in [-0.15, -0.1) is 0 Å². The molecule has 0 saturated heterocycles. The molecule has 0 bridgehead atoms. The Morgan fingerprint density at radius 3 is 2.75 bits per heavy atom. The average Bonchev–Trinajstić information content (AvgIpc) is 2.49. The predicted octanol–water partition coefficient (Wildman–Crippen LogP) is 1.88. The molecular weight excluding hydrogens is 252 g/mol. The van der Waals surface area contributed by atoms with Crippen LogP contribution in [0.15, 0.2) is 42.0 Å². The molecule has 0 spiro atoms. The minimum Gasteiger partial charge on any atom is -0.380 e. The van der Waals surface area contributed by atoms with Crippen LogP contribution >= 0.6 is 0 Å². The van der Waals surface area contributed by atoms with E-state index in [-0.39, 0.29) is 11.9 Å². The average molecular weight is 274 g/mol. The number of rotatable bonds is 5. The van der Waals surface area contributed by atoms with Crippen LogP contribution in [0.2, 0.25) is 0 Å². The minimum atomic E-state index is -0.229. The van der Waals surface area contributed by atoms with E-state index in [0.717, 1.165) is 18.5 Å². The fourth-order valence-electron chi connectivity index (χ4n) is 2.39. The van der Waals surface area contributed by atoms with Crippen molar-refractivity contribution in [2.24, 2.45) is 5.73 Å². The number of carbonyl (C=O) groups excluding carboxylic acids is 1. The van der Waals surface area contributed by atoms with Crippen LogP contribution in [0.4, 0.5) is 0 Å². The van der Waals surface area contributed by atoms with Gasteiger partial charge in [0.15, 0.2) is 0 Å². The highest BCUT2D eigenvalue weighted by Gasteiger charge is 2.19. The number of hydrogen-bond donors (Lipinski definition) is 1. The number of hydrogen-bond acceptors (Lipinski definition) is 3. The molecule has 1 atom stereocenters. The van der Waals surface area contributed by atoms with E-state index in [1.807, 2.05) is 35.2 Å². The van der Waals surface area contributed by atoms with E-state index in [1.54, 1.807) is 7.11 Å². The summed E-state index contributed by atoms with van der Waals surface area (Å²) in [5.74, 6) is 0.120. The van der Waals surface area contributed by atoms with Gasteiger partial charge in [0.25, 0.3) is 0 Å². The third-order valence-corrected chi connectivity index (χ3v) is 3.61. The van der Waals surface area contributed by atoms with E-state index < -0.39 is 0 Å². The lowest BCUT2D eigenvalue weighted by Crippen LogP contribution is -2.36. The lowest BCUT2D eigenvalue weighted by molar-refractivity contribution is -0.131. The maximum atomic E-state index is 12.2. The summed E-state index contributed by atoms with van der Waals surface area (Å²) in [5.41, 5.74) is 8.37. The molecule has 1 heterocycles. The molecule has 0 saturated carbocycles. The minimum absolute atomic E-state index is 0.120. The Hall–Kier alpha value is -1.65. The Balaban J connectivity index is 1.87. The van der Waals surface area contributed by atoms with E-state index in [4.69, 9.17) is 10.5 Å². The third kappa shape index (κ3) is 3.92. The smallest absolute Gasteiger partial charge is 0.224 e. The van der Waals surface area contributed by atoms with E-state index >= 15 is 0 Å². The van der Waals surface area contributed by atoms with Crippen molar-refractivity contribution >= 4 is 5.91 Å². The van der Waals surface area contributed by atoms with E-state index in [1.165, 1.54) is 5.57 Å². The SMILES string of the molecule is COCC1=CCN(C(=O)CC(N)c2ccccc2)CC1. The highest BCUT2D eigenvalue weighted by Crippen LogP contribution is 2.17. The van der Waals surface area contributed by atoms with Crippen molar-refractivity contribution in [1.29, 1.82) is 0 Å². The molecule has 1 unspecified atom stereocenters. The highest BCUT2D eigenvalue weighted by molar-refractivity contribution is 5.77. The summed E-state index contributed by atoms with van der Waals surface area (Å²) in [6, 6.07) is 9.54. The third-order valence-electron chi connectivity index (χ3n) is 3.61. The van der Waals surface area contributed by atoms with Gasteiger partial charge >= 0.3 is 0 Å². The summed E-state index contributed by atoms with van der Waals surface area (Å²) in [7, 11) is 1.69. The summed E-state index contributed by atoms with van der Waals surface area (Å²) in [6.07, 6.45) is 3.33. The fraction of sp³-hybridized carbons (Fsp3) is 0.438. The first kappa shape index (κ1) is 14.8. The standard InChI is InChI=1S/C16H22N2O2/c1-20-12-13-7-9-18(10-8-13)16(19)11-15(17)14-5-3-2-4-6-14/h2-7,15H,8-12,17H2,1H3. The summed E-state index contributed by atoms with van der Waals surface area (Å²) < 4.78 is 5.11. The van der Waals surface area contributed by atoms with Crippen LogP contribution < -0.4 is 5.73 Å². The molecule has 2 N–H and O–H groups in total. The molecule has 108 valence electrons. The van der Waals surface area contributed by atoms with Crippen LogP contribution in [0.3, 0.4) is 0 Å². The predicted molar refractivity (Wildman–Crippen MR) is 79.1 cm³/mol. The number of amides is 1. The zero-order chi connectivity index (χ0) is 14.4. The zero-order valence-corrected chi connectivity index (χ0v) is 11.9. The topological polar surface area (TPSA) is 55.6 Å². The number of nitrogens with zero attached hydrogens (tertiary/aromatic N) is 1. The van der Waals surface area contributed by atoms with Crippen molar-refractivity contribution in [2.75, 3.05) is 26.8 Å². The molecule has 20 heavy (non-hydrogen) atoms. The van der Waals surface area contributed by atoms with Crippen molar-refractivity contribution in [3.63, 3.8) is 0 Å². The Labute approximate surface area is 120 Å². The summed E-state index contributed by atoms with van der Waals surface area (Å²) >= 11 is 0. The largest absolute Gasteiger partial charge is 0.380 e. The Bertz CT molecular complexity index is 471. The Morgan fingerprint density at radius 1 is 1.40 bits per heavy atom. The molecular formula is C16H22N2O2. The summed E-state index contributed by atoms with van der Waals surface area (Å²) in [6.45, 7) is 2.08. The highest BCUT2D eigenvalue weighted by atomic mass is 16.5.